The Balaban J connectivity index is 2.59. The van der Waals surface area contributed by atoms with E-state index in [2.05, 4.69) is 12.6 Å². The molecule has 0 spiro atoms. The molecule has 54 valence electrons. The van der Waals surface area contributed by atoms with E-state index in [0.29, 0.717) is 0 Å². The standard InChI is InChI=1S/C8H11NS/c1-2-4-8(7-9)5-3-6-10-8/h2H,1,3-6H2. The van der Waals surface area contributed by atoms with Crippen molar-refractivity contribution in [2.24, 2.45) is 0 Å². The van der Waals surface area contributed by atoms with E-state index in [-0.39, 0.29) is 4.75 Å². The Labute approximate surface area is 66.1 Å². The minimum Gasteiger partial charge on any atom is -0.197 e. The summed E-state index contributed by atoms with van der Waals surface area (Å²) < 4.78 is -0.109. The fourth-order valence-electron chi connectivity index (χ4n) is 1.23. The number of nitriles is 1. The molecular formula is C8H11NS. The highest BCUT2D eigenvalue weighted by Gasteiger charge is 2.32. The van der Waals surface area contributed by atoms with Gasteiger partial charge in [-0.2, -0.15) is 5.26 Å². The maximum Gasteiger partial charge on any atom is 0.106 e. The molecule has 1 saturated heterocycles. The van der Waals surface area contributed by atoms with Gasteiger partial charge in [0.1, 0.15) is 4.75 Å². The molecule has 1 atom stereocenters. The fourth-order valence-corrected chi connectivity index (χ4v) is 2.49. The number of rotatable bonds is 2. The molecule has 0 saturated carbocycles. The second-order valence-corrected chi connectivity index (χ2v) is 4.03. The number of hydrogen-bond acceptors (Lipinski definition) is 2. The maximum atomic E-state index is 8.83. The lowest BCUT2D eigenvalue weighted by atomic mass is 10.0. The van der Waals surface area contributed by atoms with E-state index < -0.39 is 0 Å². The summed E-state index contributed by atoms with van der Waals surface area (Å²) in [5.74, 6) is 1.14. The zero-order valence-electron chi connectivity index (χ0n) is 5.97. The lowest BCUT2D eigenvalue weighted by molar-refractivity contribution is 0.685. The Hall–Kier alpha value is -0.420. The molecule has 1 unspecified atom stereocenters. The van der Waals surface area contributed by atoms with Gasteiger partial charge >= 0.3 is 0 Å². The first-order chi connectivity index (χ1) is 4.83. The Morgan fingerprint density at radius 2 is 2.60 bits per heavy atom. The summed E-state index contributed by atoms with van der Waals surface area (Å²) in [4.78, 5) is 0. The van der Waals surface area contributed by atoms with Gasteiger partial charge in [0.2, 0.25) is 0 Å². The number of allylic oxidation sites excluding steroid dienone is 1. The lowest BCUT2D eigenvalue weighted by Crippen LogP contribution is -2.16. The van der Waals surface area contributed by atoms with E-state index in [9.17, 15) is 0 Å². The molecule has 0 bridgehead atoms. The minimum absolute atomic E-state index is 0.109. The zero-order chi connectivity index (χ0) is 7.45. The summed E-state index contributed by atoms with van der Waals surface area (Å²) in [6.45, 7) is 3.65. The van der Waals surface area contributed by atoms with Crippen LogP contribution in [-0.4, -0.2) is 10.5 Å². The van der Waals surface area contributed by atoms with Crippen molar-refractivity contribution >= 4 is 11.8 Å². The van der Waals surface area contributed by atoms with E-state index in [1.807, 2.05) is 6.08 Å². The second-order valence-electron chi connectivity index (χ2n) is 2.55. The van der Waals surface area contributed by atoms with E-state index in [0.717, 1.165) is 18.6 Å². The van der Waals surface area contributed by atoms with Crippen LogP contribution in [0.4, 0.5) is 0 Å². The van der Waals surface area contributed by atoms with Gasteiger partial charge in [0.25, 0.3) is 0 Å². The van der Waals surface area contributed by atoms with Crippen LogP contribution in [0.3, 0.4) is 0 Å². The summed E-state index contributed by atoms with van der Waals surface area (Å²) in [6, 6.07) is 2.37. The van der Waals surface area contributed by atoms with Crippen molar-refractivity contribution in [1.82, 2.24) is 0 Å². The number of nitrogens with zero attached hydrogens (tertiary/aromatic N) is 1. The summed E-state index contributed by atoms with van der Waals surface area (Å²) >= 11 is 1.78. The molecule has 0 aromatic rings. The molecular weight excluding hydrogens is 142 g/mol. The average Bonchev–Trinajstić information content (AvgIpc) is 2.39. The third-order valence-electron chi connectivity index (χ3n) is 1.78. The summed E-state index contributed by atoms with van der Waals surface area (Å²) in [6.07, 6.45) is 4.92. The summed E-state index contributed by atoms with van der Waals surface area (Å²) in [7, 11) is 0. The highest BCUT2D eigenvalue weighted by molar-refractivity contribution is 8.01. The first-order valence-electron chi connectivity index (χ1n) is 3.49. The molecule has 0 aliphatic carbocycles. The molecule has 1 nitrogen and oxygen atoms in total. The fraction of sp³-hybridized carbons (Fsp3) is 0.625. The normalized spacial score (nSPS) is 31.5. The van der Waals surface area contributed by atoms with Crippen molar-refractivity contribution in [2.45, 2.75) is 24.0 Å². The third kappa shape index (κ3) is 1.35. The third-order valence-corrected chi connectivity index (χ3v) is 3.29. The highest BCUT2D eigenvalue weighted by atomic mass is 32.2. The molecule has 1 heterocycles. The predicted octanol–water partition coefficient (Wildman–Crippen LogP) is 2.35. The molecule has 0 aromatic carbocycles. The van der Waals surface area contributed by atoms with Crippen LogP contribution in [-0.2, 0) is 0 Å². The molecule has 0 N–H and O–H groups in total. The van der Waals surface area contributed by atoms with Crippen LogP contribution >= 0.6 is 11.8 Å². The van der Waals surface area contributed by atoms with Gasteiger partial charge in [-0.25, -0.2) is 0 Å². The first kappa shape index (κ1) is 7.68. The van der Waals surface area contributed by atoms with Gasteiger partial charge in [-0.15, -0.1) is 18.3 Å². The largest absolute Gasteiger partial charge is 0.197 e. The van der Waals surface area contributed by atoms with Crippen molar-refractivity contribution < 1.29 is 0 Å². The number of thioether (sulfide) groups is 1. The van der Waals surface area contributed by atoms with E-state index >= 15 is 0 Å². The summed E-state index contributed by atoms with van der Waals surface area (Å²) in [5.41, 5.74) is 0. The molecule has 1 fully saturated rings. The Bertz CT molecular complexity index is 163. The van der Waals surface area contributed by atoms with Crippen molar-refractivity contribution in [3.05, 3.63) is 12.7 Å². The Morgan fingerprint density at radius 1 is 1.80 bits per heavy atom. The van der Waals surface area contributed by atoms with Gasteiger partial charge in [-0.05, 0) is 25.0 Å². The molecule has 0 aromatic heterocycles. The van der Waals surface area contributed by atoms with E-state index in [1.165, 1.54) is 6.42 Å². The van der Waals surface area contributed by atoms with Gasteiger partial charge in [0.15, 0.2) is 0 Å². The van der Waals surface area contributed by atoms with Gasteiger partial charge in [-0.3, -0.25) is 0 Å². The molecule has 1 aliphatic rings. The number of hydrogen-bond donors (Lipinski definition) is 0. The monoisotopic (exact) mass is 153 g/mol. The Kier molecular flexibility index (Phi) is 2.39. The summed E-state index contributed by atoms with van der Waals surface area (Å²) in [5, 5.41) is 8.83. The maximum absolute atomic E-state index is 8.83. The average molecular weight is 153 g/mol. The van der Waals surface area contributed by atoms with Crippen LogP contribution < -0.4 is 0 Å². The quantitative estimate of drug-likeness (QED) is 0.568. The highest BCUT2D eigenvalue weighted by Crippen LogP contribution is 2.40. The lowest BCUT2D eigenvalue weighted by Gasteiger charge is -2.15. The van der Waals surface area contributed by atoms with Crippen LogP contribution in [0.1, 0.15) is 19.3 Å². The predicted molar refractivity (Wildman–Crippen MR) is 44.9 cm³/mol. The smallest absolute Gasteiger partial charge is 0.106 e. The minimum atomic E-state index is -0.109. The molecule has 0 radical (unpaired) electrons. The Morgan fingerprint density at radius 3 is 3.00 bits per heavy atom. The van der Waals surface area contributed by atoms with Crippen molar-refractivity contribution in [1.29, 1.82) is 5.26 Å². The molecule has 2 heteroatoms. The van der Waals surface area contributed by atoms with Crippen molar-refractivity contribution in [2.75, 3.05) is 5.75 Å². The van der Waals surface area contributed by atoms with Crippen molar-refractivity contribution in [3.63, 3.8) is 0 Å². The van der Waals surface area contributed by atoms with Gasteiger partial charge < -0.3 is 0 Å². The molecule has 0 amide bonds. The van der Waals surface area contributed by atoms with Gasteiger partial charge in [0.05, 0.1) is 6.07 Å². The molecule has 1 aliphatic heterocycles. The van der Waals surface area contributed by atoms with Gasteiger partial charge in [-0.1, -0.05) is 6.08 Å². The van der Waals surface area contributed by atoms with E-state index in [4.69, 9.17) is 5.26 Å². The topological polar surface area (TPSA) is 23.8 Å². The van der Waals surface area contributed by atoms with Crippen LogP contribution in [0.5, 0.6) is 0 Å². The van der Waals surface area contributed by atoms with Gasteiger partial charge in [0, 0.05) is 0 Å². The molecule has 1 rings (SSSR count). The van der Waals surface area contributed by atoms with E-state index in [1.54, 1.807) is 11.8 Å². The molecule has 10 heavy (non-hydrogen) atoms. The van der Waals surface area contributed by atoms with Crippen LogP contribution in [0.2, 0.25) is 0 Å². The second kappa shape index (κ2) is 3.12. The van der Waals surface area contributed by atoms with Crippen LogP contribution in [0.25, 0.3) is 0 Å². The van der Waals surface area contributed by atoms with Crippen molar-refractivity contribution in [3.8, 4) is 6.07 Å². The SMILES string of the molecule is C=CCC1(C#N)CCCS1. The first-order valence-corrected chi connectivity index (χ1v) is 4.48. The zero-order valence-corrected chi connectivity index (χ0v) is 6.78. The van der Waals surface area contributed by atoms with Crippen LogP contribution in [0.15, 0.2) is 12.7 Å². The van der Waals surface area contributed by atoms with Crippen LogP contribution in [0, 0.1) is 11.3 Å².